The molecule has 0 saturated carbocycles. The molecule has 104 valence electrons. The van der Waals surface area contributed by atoms with Crippen LogP contribution in [-0.4, -0.2) is 12.9 Å². The minimum Gasteiger partial charge on any atom is -0.497 e. The Morgan fingerprint density at radius 3 is 2.35 bits per heavy atom. The lowest BCUT2D eigenvalue weighted by atomic mass is 10.0. The molecule has 0 unspecified atom stereocenters. The fourth-order valence-corrected chi connectivity index (χ4v) is 2.50. The van der Waals surface area contributed by atoms with Gasteiger partial charge in [-0.05, 0) is 35.4 Å². The molecule has 0 N–H and O–H groups in total. The molecular formula is C16H14Cl2O2. The number of hydrogen-bond acceptors (Lipinski definition) is 2. The Labute approximate surface area is 128 Å². The first-order valence-corrected chi connectivity index (χ1v) is 6.93. The van der Waals surface area contributed by atoms with E-state index < -0.39 is 0 Å². The molecule has 0 aromatic heterocycles. The van der Waals surface area contributed by atoms with E-state index >= 15 is 0 Å². The SMILES string of the molecule is COc1cccc(CC(=O)Cc2c(Cl)cccc2Cl)c1. The molecule has 4 heteroatoms. The van der Waals surface area contributed by atoms with E-state index in [1.807, 2.05) is 24.3 Å². The summed E-state index contributed by atoms with van der Waals surface area (Å²) in [5.74, 6) is 0.805. The lowest BCUT2D eigenvalue weighted by Crippen LogP contribution is -2.07. The van der Waals surface area contributed by atoms with E-state index in [1.54, 1.807) is 25.3 Å². The number of halogens is 2. The molecule has 0 aliphatic rings. The number of carbonyl (C=O) groups is 1. The third-order valence-corrected chi connectivity index (χ3v) is 3.68. The second kappa shape index (κ2) is 6.78. The quantitative estimate of drug-likeness (QED) is 0.820. The van der Waals surface area contributed by atoms with Crippen LogP contribution in [0.15, 0.2) is 42.5 Å². The predicted octanol–water partition coefficient (Wildman–Crippen LogP) is 4.36. The van der Waals surface area contributed by atoms with Crippen molar-refractivity contribution in [2.75, 3.05) is 7.11 Å². The fraction of sp³-hybridized carbons (Fsp3) is 0.188. The normalized spacial score (nSPS) is 10.3. The number of benzene rings is 2. The Morgan fingerprint density at radius 2 is 1.70 bits per heavy atom. The number of methoxy groups -OCH3 is 1. The zero-order valence-corrected chi connectivity index (χ0v) is 12.5. The van der Waals surface area contributed by atoms with Gasteiger partial charge in [0.15, 0.2) is 0 Å². The third kappa shape index (κ3) is 3.75. The molecule has 0 atom stereocenters. The van der Waals surface area contributed by atoms with E-state index in [0.29, 0.717) is 22.0 Å². The number of rotatable bonds is 5. The zero-order chi connectivity index (χ0) is 14.5. The van der Waals surface area contributed by atoms with Crippen molar-refractivity contribution in [1.82, 2.24) is 0 Å². The maximum absolute atomic E-state index is 12.1. The van der Waals surface area contributed by atoms with Crippen molar-refractivity contribution in [3.63, 3.8) is 0 Å². The summed E-state index contributed by atoms with van der Waals surface area (Å²) in [6.07, 6.45) is 0.564. The third-order valence-electron chi connectivity index (χ3n) is 2.97. The number of hydrogen-bond donors (Lipinski definition) is 0. The van der Waals surface area contributed by atoms with Crippen molar-refractivity contribution in [3.8, 4) is 5.75 Å². The average Bonchev–Trinajstić information content (AvgIpc) is 2.43. The average molecular weight is 309 g/mol. The molecule has 0 fully saturated rings. The van der Waals surface area contributed by atoms with Gasteiger partial charge in [-0.25, -0.2) is 0 Å². The molecule has 0 bridgehead atoms. The summed E-state index contributed by atoms with van der Waals surface area (Å²) in [6, 6.07) is 12.7. The van der Waals surface area contributed by atoms with Gasteiger partial charge in [0.1, 0.15) is 11.5 Å². The maximum atomic E-state index is 12.1. The Balaban J connectivity index is 2.09. The first kappa shape index (κ1) is 14.9. The zero-order valence-electron chi connectivity index (χ0n) is 11.0. The van der Waals surface area contributed by atoms with Crippen molar-refractivity contribution in [3.05, 3.63) is 63.6 Å². The first-order valence-electron chi connectivity index (χ1n) is 6.17. The van der Waals surface area contributed by atoms with Crippen molar-refractivity contribution < 1.29 is 9.53 Å². The summed E-state index contributed by atoms with van der Waals surface area (Å²) in [4.78, 5) is 12.1. The molecule has 0 aliphatic carbocycles. The van der Waals surface area contributed by atoms with Gasteiger partial charge in [-0.1, -0.05) is 41.4 Å². The second-order valence-corrected chi connectivity index (χ2v) is 5.26. The van der Waals surface area contributed by atoms with Gasteiger partial charge in [0.25, 0.3) is 0 Å². The fourth-order valence-electron chi connectivity index (χ4n) is 1.97. The van der Waals surface area contributed by atoms with Crippen LogP contribution in [0, 0.1) is 0 Å². The van der Waals surface area contributed by atoms with Crippen LogP contribution >= 0.6 is 23.2 Å². The molecule has 0 spiro atoms. The molecule has 2 nitrogen and oxygen atoms in total. The minimum atomic E-state index is 0.0632. The van der Waals surface area contributed by atoms with E-state index in [0.717, 1.165) is 11.3 Å². The second-order valence-electron chi connectivity index (χ2n) is 4.44. The summed E-state index contributed by atoms with van der Waals surface area (Å²) in [6.45, 7) is 0. The lowest BCUT2D eigenvalue weighted by molar-refractivity contribution is -0.117. The summed E-state index contributed by atoms with van der Waals surface area (Å²) >= 11 is 12.1. The van der Waals surface area contributed by atoms with Crippen LogP contribution < -0.4 is 4.74 Å². The molecule has 2 aromatic rings. The molecular weight excluding hydrogens is 295 g/mol. The van der Waals surface area contributed by atoms with Crippen LogP contribution in [0.4, 0.5) is 0 Å². The highest BCUT2D eigenvalue weighted by Gasteiger charge is 2.11. The van der Waals surface area contributed by atoms with Crippen LogP contribution in [0.5, 0.6) is 5.75 Å². The summed E-state index contributed by atoms with van der Waals surface area (Å²) in [5, 5.41) is 1.05. The van der Waals surface area contributed by atoms with E-state index in [9.17, 15) is 4.79 Å². The molecule has 0 radical (unpaired) electrons. The van der Waals surface area contributed by atoms with Gasteiger partial charge >= 0.3 is 0 Å². The molecule has 0 heterocycles. The highest BCUT2D eigenvalue weighted by Crippen LogP contribution is 2.25. The van der Waals surface area contributed by atoms with E-state index in [-0.39, 0.29) is 12.2 Å². The van der Waals surface area contributed by atoms with Gasteiger partial charge in [0.2, 0.25) is 0 Å². The molecule has 20 heavy (non-hydrogen) atoms. The van der Waals surface area contributed by atoms with Crippen LogP contribution in [0.25, 0.3) is 0 Å². The van der Waals surface area contributed by atoms with Crippen LogP contribution in [0.2, 0.25) is 10.0 Å². The summed E-state index contributed by atoms with van der Waals surface area (Å²) in [7, 11) is 1.60. The minimum absolute atomic E-state index is 0.0632. The lowest BCUT2D eigenvalue weighted by Gasteiger charge is -2.07. The van der Waals surface area contributed by atoms with Gasteiger partial charge in [0.05, 0.1) is 7.11 Å². The van der Waals surface area contributed by atoms with Gasteiger partial charge in [-0.15, -0.1) is 0 Å². The highest BCUT2D eigenvalue weighted by atomic mass is 35.5. The molecule has 2 rings (SSSR count). The van der Waals surface area contributed by atoms with Gasteiger partial charge < -0.3 is 4.74 Å². The van der Waals surface area contributed by atoms with E-state index in [1.165, 1.54) is 0 Å². The summed E-state index contributed by atoms with van der Waals surface area (Å²) in [5.41, 5.74) is 1.60. The van der Waals surface area contributed by atoms with Crippen molar-refractivity contribution in [1.29, 1.82) is 0 Å². The Hall–Kier alpha value is -1.51. The number of ketones is 1. The smallest absolute Gasteiger partial charge is 0.141 e. The van der Waals surface area contributed by atoms with Crippen LogP contribution in [0.1, 0.15) is 11.1 Å². The number of ether oxygens (including phenoxy) is 1. The van der Waals surface area contributed by atoms with Crippen molar-refractivity contribution in [2.24, 2.45) is 0 Å². The van der Waals surface area contributed by atoms with Gasteiger partial charge in [0, 0.05) is 22.9 Å². The Kier molecular flexibility index (Phi) is 5.05. The Morgan fingerprint density at radius 1 is 1.05 bits per heavy atom. The monoisotopic (exact) mass is 308 g/mol. The standard InChI is InChI=1S/C16H14Cl2O2/c1-20-13-5-2-4-11(9-13)8-12(19)10-14-15(17)6-3-7-16(14)18/h2-7,9H,8,10H2,1H3. The number of carbonyl (C=O) groups excluding carboxylic acids is 1. The van der Waals surface area contributed by atoms with E-state index in [2.05, 4.69) is 0 Å². The van der Waals surface area contributed by atoms with Gasteiger partial charge in [-0.3, -0.25) is 4.79 Å². The van der Waals surface area contributed by atoms with Crippen LogP contribution in [-0.2, 0) is 17.6 Å². The molecule has 0 aliphatic heterocycles. The van der Waals surface area contributed by atoms with Crippen molar-refractivity contribution >= 4 is 29.0 Å². The van der Waals surface area contributed by atoms with E-state index in [4.69, 9.17) is 27.9 Å². The summed E-state index contributed by atoms with van der Waals surface area (Å²) < 4.78 is 5.14. The van der Waals surface area contributed by atoms with Crippen LogP contribution in [0.3, 0.4) is 0 Å². The number of Topliss-reactive ketones (excluding diaryl/α,β-unsaturated/α-hetero) is 1. The Bertz CT molecular complexity index is 603. The first-order chi connectivity index (χ1) is 9.60. The predicted molar refractivity (Wildman–Crippen MR) is 81.9 cm³/mol. The molecule has 0 saturated heterocycles. The van der Waals surface area contributed by atoms with Crippen molar-refractivity contribution in [2.45, 2.75) is 12.8 Å². The maximum Gasteiger partial charge on any atom is 0.141 e. The topological polar surface area (TPSA) is 26.3 Å². The molecule has 2 aromatic carbocycles. The van der Waals surface area contributed by atoms with Gasteiger partial charge in [-0.2, -0.15) is 0 Å². The highest BCUT2D eigenvalue weighted by molar-refractivity contribution is 6.36. The molecule has 0 amide bonds. The largest absolute Gasteiger partial charge is 0.497 e.